The molecular formula is C19H23N3O. The van der Waals surface area contributed by atoms with Gasteiger partial charge in [0.15, 0.2) is 5.78 Å². The summed E-state index contributed by atoms with van der Waals surface area (Å²) in [5.74, 6) is 1.32. The Hall–Kier alpha value is -2.20. The first-order chi connectivity index (χ1) is 11.1. The zero-order chi connectivity index (χ0) is 16.2. The summed E-state index contributed by atoms with van der Waals surface area (Å²) in [6.45, 7) is 4.92. The van der Waals surface area contributed by atoms with Gasteiger partial charge in [0, 0.05) is 30.8 Å². The number of likely N-dealkylation sites (tertiary alicyclic amines) is 1. The number of rotatable bonds is 4. The topological polar surface area (TPSA) is 59.2 Å². The number of ketones is 1. The van der Waals surface area contributed by atoms with E-state index in [9.17, 15) is 4.79 Å². The van der Waals surface area contributed by atoms with E-state index in [2.05, 4.69) is 16.8 Å². The highest BCUT2D eigenvalue weighted by Gasteiger charge is 2.31. The summed E-state index contributed by atoms with van der Waals surface area (Å²) in [5, 5.41) is 0. The van der Waals surface area contributed by atoms with Crippen LogP contribution >= 0.6 is 0 Å². The number of aromatic nitrogens is 1. The first-order valence-corrected chi connectivity index (χ1v) is 8.15. The van der Waals surface area contributed by atoms with Crippen molar-refractivity contribution in [3.05, 3.63) is 59.8 Å². The molecule has 2 N–H and O–H groups in total. The van der Waals surface area contributed by atoms with Crippen molar-refractivity contribution in [1.82, 2.24) is 9.88 Å². The lowest BCUT2D eigenvalue weighted by molar-refractivity contribution is 0.0722. The summed E-state index contributed by atoms with van der Waals surface area (Å²) in [6, 6.07) is 13.6. The van der Waals surface area contributed by atoms with Crippen LogP contribution < -0.4 is 5.73 Å². The van der Waals surface area contributed by atoms with Gasteiger partial charge in [-0.15, -0.1) is 0 Å². The number of nitrogens with zero attached hydrogens (tertiary/aromatic N) is 2. The van der Waals surface area contributed by atoms with Gasteiger partial charge in [-0.3, -0.25) is 9.69 Å². The Balaban J connectivity index is 1.62. The molecular weight excluding hydrogens is 286 g/mol. The van der Waals surface area contributed by atoms with E-state index in [-0.39, 0.29) is 11.7 Å². The predicted octanol–water partition coefficient (Wildman–Crippen LogP) is 3.00. The third-order valence-corrected chi connectivity index (χ3v) is 4.64. The fraction of sp³-hybridized carbons (Fsp3) is 0.368. The smallest absolute Gasteiger partial charge is 0.166 e. The van der Waals surface area contributed by atoms with Crippen LogP contribution in [-0.2, 0) is 6.54 Å². The van der Waals surface area contributed by atoms with E-state index in [0.717, 1.165) is 31.6 Å². The van der Waals surface area contributed by atoms with Crippen LogP contribution in [0.4, 0.5) is 5.82 Å². The maximum absolute atomic E-state index is 12.7. The van der Waals surface area contributed by atoms with Crippen LogP contribution in [0.2, 0.25) is 0 Å². The number of carbonyl (C=O) groups is 1. The molecule has 1 aromatic heterocycles. The number of nitrogens with two attached hydrogens (primary N) is 1. The van der Waals surface area contributed by atoms with Crippen LogP contribution in [0.5, 0.6) is 0 Å². The highest BCUT2D eigenvalue weighted by atomic mass is 16.1. The minimum absolute atomic E-state index is 0.121. The number of nitrogen functional groups attached to an aromatic ring is 1. The second-order valence-electron chi connectivity index (χ2n) is 6.43. The number of hydrogen-bond acceptors (Lipinski definition) is 4. The zero-order valence-electron chi connectivity index (χ0n) is 13.5. The first kappa shape index (κ1) is 15.7. The van der Waals surface area contributed by atoms with Gasteiger partial charge >= 0.3 is 0 Å². The number of pyridine rings is 1. The van der Waals surface area contributed by atoms with E-state index in [1.807, 2.05) is 42.5 Å². The quantitative estimate of drug-likeness (QED) is 0.882. The highest BCUT2D eigenvalue weighted by Crippen LogP contribution is 2.27. The Morgan fingerprint density at radius 3 is 2.78 bits per heavy atom. The Morgan fingerprint density at radius 1 is 1.30 bits per heavy atom. The molecule has 0 bridgehead atoms. The summed E-state index contributed by atoms with van der Waals surface area (Å²) >= 11 is 0. The number of hydrogen-bond donors (Lipinski definition) is 1. The second-order valence-corrected chi connectivity index (χ2v) is 6.43. The lowest BCUT2D eigenvalue weighted by Gasteiger charge is -2.36. The largest absolute Gasteiger partial charge is 0.384 e. The van der Waals surface area contributed by atoms with Gasteiger partial charge in [0.1, 0.15) is 5.82 Å². The van der Waals surface area contributed by atoms with Gasteiger partial charge in [-0.2, -0.15) is 0 Å². The molecule has 1 aliphatic rings. The molecule has 120 valence electrons. The fourth-order valence-corrected chi connectivity index (χ4v) is 3.43. The summed E-state index contributed by atoms with van der Waals surface area (Å²) < 4.78 is 0. The molecule has 1 aromatic carbocycles. The van der Waals surface area contributed by atoms with Crippen LogP contribution in [0.1, 0.15) is 29.3 Å². The Morgan fingerprint density at radius 2 is 2.09 bits per heavy atom. The third-order valence-electron chi connectivity index (χ3n) is 4.64. The molecule has 0 radical (unpaired) electrons. The van der Waals surface area contributed by atoms with Gasteiger partial charge in [0.05, 0.1) is 0 Å². The molecule has 1 fully saturated rings. The molecule has 3 rings (SSSR count). The van der Waals surface area contributed by atoms with E-state index in [1.165, 1.54) is 5.56 Å². The molecule has 0 spiro atoms. The van der Waals surface area contributed by atoms with Crippen molar-refractivity contribution in [2.24, 2.45) is 11.8 Å². The Kier molecular flexibility index (Phi) is 4.72. The molecule has 4 heteroatoms. The van der Waals surface area contributed by atoms with Gasteiger partial charge in [-0.1, -0.05) is 37.3 Å². The molecule has 23 heavy (non-hydrogen) atoms. The van der Waals surface area contributed by atoms with Crippen LogP contribution in [0.3, 0.4) is 0 Å². The van der Waals surface area contributed by atoms with Gasteiger partial charge < -0.3 is 5.73 Å². The van der Waals surface area contributed by atoms with E-state index in [0.29, 0.717) is 11.7 Å². The molecule has 0 saturated carbocycles. The first-order valence-electron chi connectivity index (χ1n) is 8.15. The van der Waals surface area contributed by atoms with Crippen LogP contribution in [0, 0.1) is 11.8 Å². The third kappa shape index (κ3) is 3.77. The molecule has 2 atom stereocenters. The summed E-state index contributed by atoms with van der Waals surface area (Å²) in [6.07, 6.45) is 2.66. The van der Waals surface area contributed by atoms with E-state index >= 15 is 0 Å². The van der Waals surface area contributed by atoms with Crippen LogP contribution in [0.15, 0.2) is 48.7 Å². The lowest BCUT2D eigenvalue weighted by atomic mass is 9.81. The van der Waals surface area contributed by atoms with Gasteiger partial charge in [-0.05, 0) is 36.6 Å². The number of anilines is 1. The lowest BCUT2D eigenvalue weighted by Crippen LogP contribution is -2.41. The molecule has 2 unspecified atom stereocenters. The summed E-state index contributed by atoms with van der Waals surface area (Å²) in [4.78, 5) is 19.1. The van der Waals surface area contributed by atoms with Crippen molar-refractivity contribution in [2.45, 2.75) is 19.9 Å². The Labute approximate surface area is 137 Å². The van der Waals surface area contributed by atoms with Crippen molar-refractivity contribution >= 4 is 11.6 Å². The monoisotopic (exact) mass is 309 g/mol. The predicted molar refractivity (Wildman–Crippen MR) is 92.0 cm³/mol. The van der Waals surface area contributed by atoms with E-state index in [1.54, 1.807) is 6.20 Å². The fourth-order valence-electron chi connectivity index (χ4n) is 3.43. The van der Waals surface area contributed by atoms with Gasteiger partial charge in [0.2, 0.25) is 0 Å². The number of benzene rings is 1. The highest BCUT2D eigenvalue weighted by molar-refractivity contribution is 5.98. The van der Waals surface area contributed by atoms with E-state index < -0.39 is 0 Å². The minimum Gasteiger partial charge on any atom is -0.384 e. The molecule has 2 heterocycles. The van der Waals surface area contributed by atoms with Crippen molar-refractivity contribution in [3.63, 3.8) is 0 Å². The van der Waals surface area contributed by atoms with Crippen molar-refractivity contribution < 1.29 is 4.79 Å². The summed E-state index contributed by atoms with van der Waals surface area (Å²) in [5.41, 5.74) is 7.75. The van der Waals surface area contributed by atoms with Gasteiger partial charge in [-0.25, -0.2) is 4.98 Å². The zero-order valence-corrected chi connectivity index (χ0v) is 13.5. The molecule has 0 aliphatic carbocycles. The van der Waals surface area contributed by atoms with Crippen molar-refractivity contribution in [3.8, 4) is 0 Å². The number of carbonyl (C=O) groups excluding carboxylic acids is 1. The SMILES string of the molecule is CC1CN(Cc2ccnc(N)c2)CCC1C(=O)c1ccccc1. The average molecular weight is 309 g/mol. The minimum atomic E-state index is 0.121. The molecule has 4 nitrogen and oxygen atoms in total. The maximum atomic E-state index is 12.7. The maximum Gasteiger partial charge on any atom is 0.166 e. The summed E-state index contributed by atoms with van der Waals surface area (Å²) in [7, 11) is 0. The molecule has 1 saturated heterocycles. The molecule has 1 aliphatic heterocycles. The normalized spacial score (nSPS) is 22.0. The standard InChI is InChI=1S/C19H23N3O/c1-14-12-22(13-15-7-9-21-18(20)11-15)10-8-17(14)19(23)16-5-3-2-4-6-16/h2-7,9,11,14,17H,8,10,12-13H2,1H3,(H2,20,21). The number of Topliss-reactive ketones (excluding diaryl/α,β-unsaturated/α-hetero) is 1. The van der Waals surface area contributed by atoms with Crippen molar-refractivity contribution in [1.29, 1.82) is 0 Å². The number of piperidine rings is 1. The Bertz CT molecular complexity index is 671. The van der Waals surface area contributed by atoms with Gasteiger partial charge in [0.25, 0.3) is 0 Å². The molecule has 2 aromatic rings. The van der Waals surface area contributed by atoms with E-state index in [4.69, 9.17) is 5.73 Å². The molecule has 0 amide bonds. The van der Waals surface area contributed by atoms with Crippen LogP contribution in [-0.4, -0.2) is 28.8 Å². The second kappa shape index (κ2) is 6.92. The van der Waals surface area contributed by atoms with Crippen molar-refractivity contribution in [2.75, 3.05) is 18.8 Å². The van der Waals surface area contributed by atoms with Crippen LogP contribution in [0.25, 0.3) is 0 Å². The average Bonchev–Trinajstić information content (AvgIpc) is 2.55.